The molecule has 6 heteroatoms. The van der Waals surface area contributed by atoms with Gasteiger partial charge in [-0.2, -0.15) is 0 Å². The van der Waals surface area contributed by atoms with E-state index in [2.05, 4.69) is 5.32 Å². The lowest BCUT2D eigenvalue weighted by atomic mass is 10.1. The lowest BCUT2D eigenvalue weighted by molar-refractivity contribution is 0.0696. The number of nitrogens with one attached hydrogen (secondary N) is 1. The summed E-state index contributed by atoms with van der Waals surface area (Å²) in [5, 5.41) is 11.6. The van der Waals surface area contributed by atoms with E-state index in [9.17, 15) is 14.0 Å². The number of hydrogen-bond acceptors (Lipinski definition) is 2. The van der Waals surface area contributed by atoms with Gasteiger partial charge in [0, 0.05) is 10.6 Å². The molecule has 2 rings (SSSR count). The first kappa shape index (κ1) is 15.0. The van der Waals surface area contributed by atoms with Crippen molar-refractivity contribution in [3.05, 3.63) is 63.9 Å². The van der Waals surface area contributed by atoms with Crippen molar-refractivity contribution in [3.8, 4) is 0 Å². The van der Waals surface area contributed by atoms with Gasteiger partial charge in [0.1, 0.15) is 5.82 Å². The van der Waals surface area contributed by atoms with Crippen molar-refractivity contribution < 1.29 is 19.1 Å². The third-order valence-corrected chi connectivity index (χ3v) is 3.39. The second kappa shape index (κ2) is 5.93. The minimum absolute atomic E-state index is 0.0932. The van der Waals surface area contributed by atoms with Crippen LogP contribution in [0.1, 0.15) is 26.3 Å². The minimum atomic E-state index is -1.24. The first-order valence-electron chi connectivity index (χ1n) is 5.99. The number of halogens is 2. The van der Waals surface area contributed by atoms with Crippen LogP contribution in [0.5, 0.6) is 0 Å². The normalized spacial score (nSPS) is 10.2. The van der Waals surface area contributed by atoms with Crippen molar-refractivity contribution in [3.63, 3.8) is 0 Å². The molecule has 1 amide bonds. The van der Waals surface area contributed by atoms with Crippen LogP contribution in [0.25, 0.3) is 0 Å². The second-order valence-electron chi connectivity index (χ2n) is 4.37. The van der Waals surface area contributed by atoms with E-state index in [1.54, 1.807) is 25.1 Å². The lowest BCUT2D eigenvalue weighted by Gasteiger charge is -2.09. The largest absolute Gasteiger partial charge is 0.478 e. The molecule has 0 heterocycles. The Morgan fingerprint density at radius 2 is 1.95 bits per heavy atom. The Labute approximate surface area is 125 Å². The first-order chi connectivity index (χ1) is 9.90. The summed E-state index contributed by atoms with van der Waals surface area (Å²) in [6, 6.07) is 8.11. The van der Waals surface area contributed by atoms with Gasteiger partial charge in [-0.15, -0.1) is 0 Å². The van der Waals surface area contributed by atoms with Crippen LogP contribution in [0.3, 0.4) is 0 Å². The molecule has 0 saturated carbocycles. The number of benzene rings is 2. The Morgan fingerprint density at radius 1 is 1.24 bits per heavy atom. The summed E-state index contributed by atoms with van der Waals surface area (Å²) in [6.07, 6.45) is 0. The molecule has 0 radical (unpaired) electrons. The molecule has 0 unspecified atom stereocenters. The molecule has 2 N–H and O–H groups in total. The molecule has 108 valence electrons. The third kappa shape index (κ3) is 3.20. The van der Waals surface area contributed by atoms with Crippen LogP contribution in [0.4, 0.5) is 10.1 Å². The predicted octanol–water partition coefficient (Wildman–Crippen LogP) is 3.74. The van der Waals surface area contributed by atoms with Crippen molar-refractivity contribution >= 4 is 29.2 Å². The van der Waals surface area contributed by atoms with Crippen LogP contribution in [0.15, 0.2) is 36.4 Å². The van der Waals surface area contributed by atoms with Gasteiger partial charge >= 0.3 is 5.97 Å². The van der Waals surface area contributed by atoms with Gasteiger partial charge < -0.3 is 10.4 Å². The highest BCUT2D eigenvalue weighted by atomic mass is 35.5. The summed E-state index contributed by atoms with van der Waals surface area (Å²) in [5.41, 5.74) is 0.622. The van der Waals surface area contributed by atoms with Crippen LogP contribution in [0, 0.1) is 12.7 Å². The maximum Gasteiger partial charge on any atom is 0.335 e. The average Bonchev–Trinajstić information content (AvgIpc) is 2.43. The predicted molar refractivity (Wildman–Crippen MR) is 77.5 cm³/mol. The SMILES string of the molecule is Cc1c(Cl)cccc1C(=O)Nc1ccc(C(=O)O)cc1F. The van der Waals surface area contributed by atoms with E-state index in [1.165, 1.54) is 12.1 Å². The molecular weight excluding hydrogens is 297 g/mol. The molecule has 0 saturated heterocycles. The number of rotatable bonds is 3. The fraction of sp³-hybridized carbons (Fsp3) is 0.0667. The summed E-state index contributed by atoms with van der Waals surface area (Å²) in [6.45, 7) is 1.68. The summed E-state index contributed by atoms with van der Waals surface area (Å²) in [7, 11) is 0. The minimum Gasteiger partial charge on any atom is -0.478 e. The fourth-order valence-electron chi connectivity index (χ4n) is 1.79. The second-order valence-corrected chi connectivity index (χ2v) is 4.77. The lowest BCUT2D eigenvalue weighted by Crippen LogP contribution is -2.14. The van der Waals surface area contributed by atoms with E-state index < -0.39 is 17.7 Å². The number of anilines is 1. The molecular formula is C15H11ClFNO3. The van der Waals surface area contributed by atoms with Crippen LogP contribution >= 0.6 is 11.6 Å². The van der Waals surface area contributed by atoms with Gasteiger partial charge in [0.25, 0.3) is 5.91 Å². The average molecular weight is 308 g/mol. The maximum absolute atomic E-state index is 13.8. The summed E-state index contributed by atoms with van der Waals surface area (Å²) in [5.74, 6) is -2.57. The molecule has 0 aromatic heterocycles. The number of carboxylic acid groups (broad SMARTS) is 1. The fourth-order valence-corrected chi connectivity index (χ4v) is 1.97. The Morgan fingerprint density at radius 3 is 2.57 bits per heavy atom. The van der Waals surface area contributed by atoms with Gasteiger partial charge in [-0.05, 0) is 42.8 Å². The molecule has 0 aliphatic heterocycles. The standard InChI is InChI=1S/C15H11ClFNO3/c1-8-10(3-2-4-11(8)16)14(19)18-13-6-5-9(15(20)21)7-12(13)17/h2-7H,1H3,(H,18,19)(H,20,21). The van der Waals surface area contributed by atoms with E-state index in [4.69, 9.17) is 16.7 Å². The van der Waals surface area contributed by atoms with E-state index >= 15 is 0 Å². The highest BCUT2D eigenvalue weighted by Gasteiger charge is 2.14. The van der Waals surface area contributed by atoms with Crippen molar-refractivity contribution in [2.45, 2.75) is 6.92 Å². The van der Waals surface area contributed by atoms with Crippen molar-refractivity contribution in [2.24, 2.45) is 0 Å². The molecule has 0 atom stereocenters. The van der Waals surface area contributed by atoms with Crippen molar-refractivity contribution in [1.82, 2.24) is 0 Å². The zero-order valence-corrected chi connectivity index (χ0v) is 11.7. The third-order valence-electron chi connectivity index (χ3n) is 2.98. The topological polar surface area (TPSA) is 66.4 Å². The quantitative estimate of drug-likeness (QED) is 0.907. The Balaban J connectivity index is 2.28. The maximum atomic E-state index is 13.8. The van der Waals surface area contributed by atoms with Crippen LogP contribution in [-0.2, 0) is 0 Å². The van der Waals surface area contributed by atoms with Gasteiger partial charge in [-0.25, -0.2) is 9.18 Å². The highest BCUT2D eigenvalue weighted by molar-refractivity contribution is 6.32. The molecule has 0 fully saturated rings. The molecule has 0 aliphatic carbocycles. The molecule has 0 spiro atoms. The molecule has 0 aliphatic rings. The Hall–Kier alpha value is -2.40. The smallest absolute Gasteiger partial charge is 0.335 e. The Bertz CT molecular complexity index is 731. The van der Waals surface area contributed by atoms with Gasteiger partial charge in [0.05, 0.1) is 11.3 Å². The number of hydrogen-bond donors (Lipinski definition) is 2. The summed E-state index contributed by atoms with van der Waals surface area (Å²) >= 11 is 5.93. The number of aromatic carboxylic acids is 1. The van der Waals surface area contributed by atoms with Crippen molar-refractivity contribution in [2.75, 3.05) is 5.32 Å². The first-order valence-corrected chi connectivity index (χ1v) is 6.37. The molecule has 4 nitrogen and oxygen atoms in total. The van der Waals surface area contributed by atoms with Crippen LogP contribution in [0.2, 0.25) is 5.02 Å². The van der Waals surface area contributed by atoms with Gasteiger partial charge in [0.15, 0.2) is 0 Å². The molecule has 2 aromatic carbocycles. The van der Waals surface area contributed by atoms with E-state index in [0.29, 0.717) is 16.1 Å². The van der Waals surface area contributed by atoms with E-state index in [1.807, 2.05) is 0 Å². The number of carbonyl (C=O) groups excluding carboxylic acids is 1. The zero-order chi connectivity index (χ0) is 15.6. The molecule has 0 bridgehead atoms. The number of carboxylic acids is 1. The molecule has 21 heavy (non-hydrogen) atoms. The number of amides is 1. The summed E-state index contributed by atoms with van der Waals surface area (Å²) < 4.78 is 13.8. The van der Waals surface area contributed by atoms with Crippen LogP contribution < -0.4 is 5.32 Å². The molecule has 2 aromatic rings. The van der Waals surface area contributed by atoms with E-state index in [0.717, 1.165) is 6.07 Å². The van der Waals surface area contributed by atoms with Gasteiger partial charge in [-0.3, -0.25) is 4.79 Å². The van der Waals surface area contributed by atoms with E-state index in [-0.39, 0.29) is 11.3 Å². The van der Waals surface area contributed by atoms with Gasteiger partial charge in [-0.1, -0.05) is 17.7 Å². The van der Waals surface area contributed by atoms with Crippen LogP contribution in [-0.4, -0.2) is 17.0 Å². The number of carbonyl (C=O) groups is 2. The highest BCUT2D eigenvalue weighted by Crippen LogP contribution is 2.21. The van der Waals surface area contributed by atoms with Gasteiger partial charge in [0.2, 0.25) is 0 Å². The monoisotopic (exact) mass is 307 g/mol. The summed E-state index contributed by atoms with van der Waals surface area (Å²) in [4.78, 5) is 22.8. The van der Waals surface area contributed by atoms with Crippen molar-refractivity contribution in [1.29, 1.82) is 0 Å². The Kier molecular flexibility index (Phi) is 4.23. The zero-order valence-electron chi connectivity index (χ0n) is 11.0.